The molecule has 0 aliphatic carbocycles. The molecule has 0 aromatic heterocycles. The first-order valence-corrected chi connectivity index (χ1v) is 5.16. The second-order valence-corrected chi connectivity index (χ2v) is 4.81. The summed E-state index contributed by atoms with van der Waals surface area (Å²) in [6.07, 6.45) is 3.41. The van der Waals surface area contributed by atoms with E-state index in [1.54, 1.807) is 0 Å². The van der Waals surface area contributed by atoms with Gasteiger partial charge in [0.1, 0.15) is 0 Å². The molecule has 0 rings (SSSR count). The molecule has 0 radical (unpaired) electrons. The van der Waals surface area contributed by atoms with E-state index >= 15 is 0 Å². The van der Waals surface area contributed by atoms with Crippen molar-refractivity contribution in [2.75, 3.05) is 5.50 Å². The van der Waals surface area contributed by atoms with Gasteiger partial charge >= 0.3 is 8.56 Å². The van der Waals surface area contributed by atoms with Crippen LogP contribution in [0.15, 0.2) is 14.0 Å². The molecule has 0 aliphatic heterocycles. The molecule has 0 N–H and O–H groups in total. The van der Waals surface area contributed by atoms with Gasteiger partial charge in [-0.1, -0.05) is 0 Å². The van der Waals surface area contributed by atoms with Crippen LogP contribution in [0.5, 0.6) is 0 Å². The van der Waals surface area contributed by atoms with Crippen molar-refractivity contribution in [2.45, 2.75) is 0 Å². The lowest BCUT2D eigenvalue weighted by atomic mass is 11.7. The van der Waals surface area contributed by atoms with Gasteiger partial charge in [-0.2, -0.15) is 14.0 Å². The zero-order valence-electron chi connectivity index (χ0n) is 5.65. The third-order valence-corrected chi connectivity index (χ3v) is 3.64. The summed E-state index contributed by atoms with van der Waals surface area (Å²) < 4.78 is 9.29. The Morgan fingerprint density at radius 3 is 1.50 bits per heavy atom. The average molecular weight is 204 g/mol. The predicted octanol–water partition coefficient (Wildman–Crippen LogP) is -0.289. The quantitative estimate of drug-likeness (QED) is 0.272. The van der Waals surface area contributed by atoms with Gasteiger partial charge in [0, 0.05) is 0 Å². The van der Waals surface area contributed by atoms with Crippen molar-refractivity contribution in [2.24, 2.45) is 14.0 Å². The molecule has 0 spiro atoms. The minimum Gasteiger partial charge on any atom is -0.212 e. The maximum absolute atomic E-state index is 9.83. The van der Waals surface area contributed by atoms with E-state index in [0.717, 1.165) is 18.2 Å². The third-order valence-electron chi connectivity index (χ3n) is 0.853. The molecule has 0 aliphatic rings. The van der Waals surface area contributed by atoms with Gasteiger partial charge in [-0.3, -0.25) is 0 Å². The van der Waals surface area contributed by atoms with E-state index in [9.17, 15) is 14.4 Å². The number of alkyl halides is 1. The second kappa shape index (κ2) is 5.32. The van der Waals surface area contributed by atoms with E-state index in [1.807, 2.05) is 0 Å². The van der Waals surface area contributed by atoms with Crippen molar-refractivity contribution in [1.29, 1.82) is 0 Å². The van der Waals surface area contributed by atoms with E-state index in [4.69, 9.17) is 11.6 Å². The van der Waals surface area contributed by atoms with E-state index < -0.39 is 8.56 Å². The van der Waals surface area contributed by atoms with Gasteiger partial charge in [-0.25, -0.2) is 14.4 Å². The lowest BCUT2D eigenvalue weighted by molar-refractivity contribution is 0.564. The molecule has 62 valence electrons. The Morgan fingerprint density at radius 2 is 1.33 bits per heavy atom. The maximum atomic E-state index is 9.83. The van der Waals surface area contributed by atoms with Crippen LogP contribution >= 0.6 is 11.6 Å². The maximum Gasteiger partial charge on any atom is 0.482 e. The van der Waals surface area contributed by atoms with Crippen molar-refractivity contribution in [3.8, 4) is 0 Å². The Labute approximate surface area is 72.9 Å². The van der Waals surface area contributed by atoms with Gasteiger partial charge in [-0.15, -0.1) is 11.6 Å². The van der Waals surface area contributed by atoms with Crippen molar-refractivity contribution in [1.82, 2.24) is 0 Å². The topological polar surface area (TPSA) is 88.3 Å². The Bertz CT molecular complexity index is 255. The van der Waals surface area contributed by atoms with Crippen LogP contribution in [0.3, 0.4) is 0 Å². The number of isocyanates is 3. The molecule has 0 heterocycles. The smallest absolute Gasteiger partial charge is 0.212 e. The largest absolute Gasteiger partial charge is 0.482 e. The highest BCUT2D eigenvalue weighted by Crippen LogP contribution is 2.08. The summed E-state index contributed by atoms with van der Waals surface area (Å²) >= 11 is 5.30. The molecule has 0 amide bonds. The molecule has 0 bridgehead atoms. The van der Waals surface area contributed by atoms with Gasteiger partial charge < -0.3 is 0 Å². The summed E-state index contributed by atoms with van der Waals surface area (Å²) in [5.74, 6) is 0. The summed E-state index contributed by atoms with van der Waals surface area (Å²) in [6, 6.07) is 0. The second-order valence-electron chi connectivity index (χ2n) is 1.52. The number of halogens is 1. The van der Waals surface area contributed by atoms with Crippen molar-refractivity contribution in [3.63, 3.8) is 0 Å². The highest BCUT2D eigenvalue weighted by molar-refractivity contribution is 6.82. The molecule has 0 atom stereocenters. The Hall–Kier alpha value is -1.35. The van der Waals surface area contributed by atoms with Crippen LogP contribution in [-0.4, -0.2) is 32.3 Å². The Balaban J connectivity index is 5.13. The fraction of sp³-hybridized carbons (Fsp3) is 0.250. The first-order valence-electron chi connectivity index (χ1n) is 2.57. The van der Waals surface area contributed by atoms with E-state index in [2.05, 4.69) is 14.0 Å². The minimum atomic E-state index is -3.40. The minimum absolute atomic E-state index is 0.299. The summed E-state index contributed by atoms with van der Waals surface area (Å²) in [5, 5.41) is 0. The van der Waals surface area contributed by atoms with Crippen LogP contribution in [0.4, 0.5) is 0 Å². The summed E-state index contributed by atoms with van der Waals surface area (Å²) in [4.78, 5) is 29.5. The number of rotatable bonds is 4. The first kappa shape index (κ1) is 10.6. The number of hydrogen-bond acceptors (Lipinski definition) is 6. The highest BCUT2D eigenvalue weighted by atomic mass is 35.5. The van der Waals surface area contributed by atoms with Gasteiger partial charge in [0.25, 0.3) is 0 Å². The van der Waals surface area contributed by atoms with Gasteiger partial charge in [-0.05, 0) is 0 Å². The molecule has 0 unspecified atom stereocenters. The SMILES string of the molecule is O=C=N[Si](CCl)(N=C=O)N=C=O. The standard InChI is InChI=1S/C4H2ClN3O3Si/c5-1-12(6-2-9,7-3-10)8-4-11/h1H2. The zero-order valence-corrected chi connectivity index (χ0v) is 7.41. The highest BCUT2D eigenvalue weighted by Gasteiger charge is 2.34. The molecule has 0 saturated heterocycles. The molecule has 0 aromatic carbocycles. The molecular formula is C4H2ClN3O3Si. The average Bonchev–Trinajstić information content (AvgIpc) is 2.06. The van der Waals surface area contributed by atoms with E-state index in [-0.39, 0.29) is 5.50 Å². The molecule has 12 heavy (non-hydrogen) atoms. The lowest BCUT2D eigenvalue weighted by Gasteiger charge is -2.03. The summed E-state index contributed by atoms with van der Waals surface area (Å²) in [7, 11) is -3.40. The van der Waals surface area contributed by atoms with Gasteiger partial charge in [0.05, 0.1) is 5.50 Å². The van der Waals surface area contributed by atoms with Crippen molar-refractivity contribution in [3.05, 3.63) is 0 Å². The van der Waals surface area contributed by atoms with Crippen molar-refractivity contribution >= 4 is 38.4 Å². The van der Waals surface area contributed by atoms with Gasteiger partial charge in [0.15, 0.2) is 0 Å². The number of nitrogens with zero attached hydrogens (tertiary/aromatic N) is 3. The molecule has 6 nitrogen and oxygen atoms in total. The van der Waals surface area contributed by atoms with Crippen LogP contribution in [0, 0.1) is 0 Å². The Morgan fingerprint density at radius 1 is 1.00 bits per heavy atom. The van der Waals surface area contributed by atoms with Crippen LogP contribution in [-0.2, 0) is 14.4 Å². The fourth-order valence-electron chi connectivity index (χ4n) is 0.384. The van der Waals surface area contributed by atoms with E-state index in [1.165, 1.54) is 0 Å². The fourth-order valence-corrected chi connectivity index (χ4v) is 1.69. The van der Waals surface area contributed by atoms with Crippen molar-refractivity contribution < 1.29 is 14.4 Å². The number of hydrogen-bond donors (Lipinski definition) is 0. The first-order chi connectivity index (χ1) is 5.74. The zero-order chi connectivity index (χ0) is 9.45. The molecule has 0 saturated carbocycles. The van der Waals surface area contributed by atoms with Crippen LogP contribution in [0.25, 0.3) is 0 Å². The monoisotopic (exact) mass is 203 g/mol. The molecule has 8 heteroatoms. The van der Waals surface area contributed by atoms with Crippen LogP contribution in [0.2, 0.25) is 0 Å². The molecule has 0 aromatic rings. The van der Waals surface area contributed by atoms with Crippen LogP contribution < -0.4 is 0 Å². The summed E-state index contributed by atoms with van der Waals surface area (Å²) in [5.41, 5.74) is -0.299. The number of carbonyl (C=O) groups excluding carboxylic acids is 3. The molecule has 0 fully saturated rings. The van der Waals surface area contributed by atoms with E-state index in [0.29, 0.717) is 0 Å². The molecular weight excluding hydrogens is 202 g/mol. The third kappa shape index (κ3) is 2.71. The van der Waals surface area contributed by atoms with Crippen LogP contribution in [0.1, 0.15) is 0 Å². The Kier molecular flexibility index (Phi) is 4.72. The normalized spacial score (nSPS) is 12.8. The predicted molar refractivity (Wildman–Crippen MR) is 40.8 cm³/mol. The van der Waals surface area contributed by atoms with Gasteiger partial charge in [0.2, 0.25) is 18.2 Å². The summed E-state index contributed by atoms with van der Waals surface area (Å²) in [6.45, 7) is 0. The lowest BCUT2D eigenvalue weighted by Crippen LogP contribution is -2.30.